The Balaban J connectivity index is 1.14. The average molecular weight is 621 g/mol. The molecule has 12 heteroatoms. The van der Waals surface area contributed by atoms with Crippen LogP contribution in [-0.4, -0.2) is 44.2 Å². The largest absolute Gasteiger partial charge is 0.416 e. The smallest absolute Gasteiger partial charge is 0.336 e. The fourth-order valence-corrected chi connectivity index (χ4v) is 5.63. The van der Waals surface area contributed by atoms with E-state index in [1.165, 1.54) is 34.9 Å². The Morgan fingerprint density at radius 3 is 2.48 bits per heavy atom. The van der Waals surface area contributed by atoms with E-state index < -0.39 is 17.8 Å². The van der Waals surface area contributed by atoms with E-state index in [-0.39, 0.29) is 17.6 Å². The van der Waals surface area contributed by atoms with Crippen LogP contribution in [0.3, 0.4) is 0 Å². The van der Waals surface area contributed by atoms with E-state index in [4.69, 9.17) is 0 Å². The van der Waals surface area contributed by atoms with Gasteiger partial charge in [-0.15, -0.1) is 5.10 Å². The van der Waals surface area contributed by atoms with Gasteiger partial charge in [-0.1, -0.05) is 62.0 Å². The van der Waals surface area contributed by atoms with Crippen LogP contribution in [0, 0.1) is 6.92 Å². The number of thioether (sulfide) groups is 1. The molecule has 8 nitrogen and oxygen atoms in total. The maximum Gasteiger partial charge on any atom is 0.416 e. The molecular formula is C32H31F3N6O2S. The molecule has 0 aliphatic carbocycles. The Kier molecular flexibility index (Phi) is 9.19. The van der Waals surface area contributed by atoms with Crippen LogP contribution in [0.5, 0.6) is 0 Å². The zero-order chi connectivity index (χ0) is 31.4. The van der Waals surface area contributed by atoms with Crippen molar-refractivity contribution < 1.29 is 22.8 Å². The van der Waals surface area contributed by atoms with Crippen molar-refractivity contribution in [3.8, 4) is 17.1 Å². The first-order chi connectivity index (χ1) is 21.0. The first kappa shape index (κ1) is 31.0. The molecule has 0 spiro atoms. The van der Waals surface area contributed by atoms with Crippen LogP contribution in [0.1, 0.15) is 48.4 Å². The molecule has 1 saturated heterocycles. The average Bonchev–Trinajstić information content (AvgIpc) is 3.62. The standard InChI is InChI=1S/C32H31F3N6O2S/c1-20(2)26-15-6-21(3)17-27(26)41-28(42)18-44-31(41)38-30(43)36-16-4-5-22-7-9-23(10-8-22)29-37-19-40(39-29)25-13-11-24(12-14-25)32(33,34)35/h6-15,17,19-20H,4-5,16,18H2,1-3H3,(H,36,43)/b38-31-. The lowest BCUT2D eigenvalue weighted by Gasteiger charge is -2.22. The van der Waals surface area contributed by atoms with Crippen LogP contribution in [0.4, 0.5) is 23.7 Å². The number of halogens is 3. The van der Waals surface area contributed by atoms with Gasteiger partial charge in [0.05, 0.1) is 22.7 Å². The van der Waals surface area contributed by atoms with Gasteiger partial charge in [-0.25, -0.2) is 14.5 Å². The van der Waals surface area contributed by atoms with Gasteiger partial charge in [-0.2, -0.15) is 18.2 Å². The maximum absolute atomic E-state index is 12.8. The van der Waals surface area contributed by atoms with Gasteiger partial charge < -0.3 is 5.32 Å². The molecule has 1 aromatic heterocycles. The summed E-state index contributed by atoms with van der Waals surface area (Å²) in [5.74, 6) is 0.790. The highest BCUT2D eigenvalue weighted by molar-refractivity contribution is 8.15. The zero-order valence-corrected chi connectivity index (χ0v) is 25.2. The Bertz CT molecular complexity index is 1680. The molecule has 4 aromatic rings. The maximum atomic E-state index is 12.8. The molecule has 0 bridgehead atoms. The molecule has 44 heavy (non-hydrogen) atoms. The van der Waals surface area contributed by atoms with Crippen LogP contribution in [0.2, 0.25) is 0 Å². The third-order valence-corrected chi connectivity index (χ3v) is 8.02. The lowest BCUT2D eigenvalue weighted by Crippen LogP contribution is -2.32. The number of carbonyl (C=O) groups excluding carboxylic acids is 2. The zero-order valence-electron chi connectivity index (χ0n) is 24.4. The number of urea groups is 1. The molecule has 3 amide bonds. The van der Waals surface area contributed by atoms with Crippen LogP contribution >= 0.6 is 11.8 Å². The number of amides is 3. The third kappa shape index (κ3) is 7.19. The van der Waals surface area contributed by atoms with Crippen molar-refractivity contribution in [2.45, 2.75) is 45.7 Å². The first-order valence-corrected chi connectivity index (χ1v) is 15.1. The van der Waals surface area contributed by atoms with Crippen molar-refractivity contribution in [2.24, 2.45) is 4.99 Å². The highest BCUT2D eigenvalue weighted by atomic mass is 32.2. The second kappa shape index (κ2) is 13.0. The summed E-state index contributed by atoms with van der Waals surface area (Å²) in [6.07, 6.45) is -1.54. The highest BCUT2D eigenvalue weighted by Crippen LogP contribution is 2.34. The summed E-state index contributed by atoms with van der Waals surface area (Å²) in [7, 11) is 0. The second-order valence-corrected chi connectivity index (χ2v) is 11.7. The van der Waals surface area contributed by atoms with E-state index in [2.05, 4.69) is 34.2 Å². The number of hydrogen-bond donors (Lipinski definition) is 1. The number of benzene rings is 3. The third-order valence-electron chi connectivity index (χ3n) is 7.09. The van der Waals surface area contributed by atoms with Crippen molar-refractivity contribution >= 4 is 34.6 Å². The molecule has 3 aromatic carbocycles. The van der Waals surface area contributed by atoms with Crippen molar-refractivity contribution in [3.05, 3.63) is 95.3 Å². The van der Waals surface area contributed by atoms with E-state index in [9.17, 15) is 22.8 Å². The number of nitrogens with zero attached hydrogens (tertiary/aromatic N) is 5. The van der Waals surface area contributed by atoms with Gasteiger partial charge in [0.2, 0.25) is 5.91 Å². The van der Waals surface area contributed by atoms with Gasteiger partial charge in [-0.3, -0.25) is 9.69 Å². The molecule has 5 rings (SSSR count). The number of hydrogen-bond acceptors (Lipinski definition) is 5. The van der Waals surface area contributed by atoms with Gasteiger partial charge in [-0.05, 0) is 72.7 Å². The Hall–Kier alpha value is -4.45. The summed E-state index contributed by atoms with van der Waals surface area (Å²) >= 11 is 1.26. The van der Waals surface area contributed by atoms with Crippen molar-refractivity contribution in [3.63, 3.8) is 0 Å². The quantitative estimate of drug-likeness (QED) is 0.211. The van der Waals surface area contributed by atoms with Crippen molar-refractivity contribution in [2.75, 3.05) is 17.2 Å². The van der Waals surface area contributed by atoms with E-state index in [1.54, 1.807) is 4.90 Å². The summed E-state index contributed by atoms with van der Waals surface area (Å²) in [5.41, 5.74) is 4.39. The molecular weight excluding hydrogens is 589 g/mol. The molecule has 1 N–H and O–H groups in total. The number of aliphatic imine (C=N–C) groups is 1. The molecule has 228 valence electrons. The number of aromatic nitrogens is 3. The molecule has 1 aliphatic heterocycles. The second-order valence-electron chi connectivity index (χ2n) is 10.7. The molecule has 0 radical (unpaired) electrons. The van der Waals surface area contributed by atoms with E-state index >= 15 is 0 Å². The Morgan fingerprint density at radius 2 is 1.80 bits per heavy atom. The minimum atomic E-state index is -4.40. The van der Waals surface area contributed by atoms with Crippen LogP contribution < -0.4 is 10.2 Å². The lowest BCUT2D eigenvalue weighted by molar-refractivity contribution is -0.137. The van der Waals surface area contributed by atoms with E-state index in [0.29, 0.717) is 36.1 Å². The van der Waals surface area contributed by atoms with Crippen LogP contribution in [0.15, 0.2) is 78.0 Å². The number of amidine groups is 1. The normalized spacial score (nSPS) is 14.6. The van der Waals surface area contributed by atoms with Gasteiger partial charge >= 0.3 is 12.2 Å². The monoisotopic (exact) mass is 620 g/mol. The van der Waals surface area contributed by atoms with Gasteiger partial charge in [0.25, 0.3) is 0 Å². The minimum Gasteiger partial charge on any atom is -0.336 e. The summed E-state index contributed by atoms with van der Waals surface area (Å²) in [6, 6.07) is 17.9. The lowest BCUT2D eigenvalue weighted by atomic mass is 9.99. The fourth-order valence-electron chi connectivity index (χ4n) is 4.77. The Morgan fingerprint density at radius 1 is 1.07 bits per heavy atom. The van der Waals surface area contributed by atoms with Crippen LogP contribution in [0.25, 0.3) is 17.1 Å². The number of nitrogens with one attached hydrogen (secondary N) is 1. The molecule has 2 heterocycles. The summed E-state index contributed by atoms with van der Waals surface area (Å²) in [5, 5.41) is 7.59. The summed E-state index contributed by atoms with van der Waals surface area (Å²) < 4.78 is 39.9. The van der Waals surface area contributed by atoms with Gasteiger partial charge in [0.15, 0.2) is 11.0 Å². The molecule has 0 unspecified atom stereocenters. The molecule has 1 aliphatic rings. The van der Waals surface area contributed by atoms with Gasteiger partial charge in [0.1, 0.15) is 6.33 Å². The number of aryl methyl sites for hydroxylation is 2. The summed E-state index contributed by atoms with van der Waals surface area (Å²) in [6.45, 7) is 6.51. The molecule has 0 saturated carbocycles. The molecule has 1 fully saturated rings. The van der Waals surface area contributed by atoms with Crippen LogP contribution in [-0.2, 0) is 17.4 Å². The SMILES string of the molecule is Cc1ccc(C(C)C)c(N2C(=O)CS/C2=N\C(=O)NCCCc2ccc(-c3ncn(-c4ccc(C(F)(F)F)cc4)n3)cc2)c1. The molecule has 0 atom stereocenters. The first-order valence-electron chi connectivity index (χ1n) is 14.1. The summed E-state index contributed by atoms with van der Waals surface area (Å²) in [4.78, 5) is 35.4. The predicted octanol–water partition coefficient (Wildman–Crippen LogP) is 7.16. The van der Waals surface area contributed by atoms with Crippen molar-refractivity contribution in [1.82, 2.24) is 20.1 Å². The van der Waals surface area contributed by atoms with Crippen molar-refractivity contribution in [1.29, 1.82) is 0 Å². The number of anilines is 1. The topological polar surface area (TPSA) is 92.5 Å². The fraction of sp³-hybridized carbons (Fsp3) is 0.281. The number of rotatable bonds is 8. The van der Waals surface area contributed by atoms with E-state index in [1.807, 2.05) is 49.4 Å². The highest BCUT2D eigenvalue weighted by Gasteiger charge is 2.32. The Labute approximate surface area is 257 Å². The number of carbonyl (C=O) groups is 2. The number of alkyl halides is 3. The predicted molar refractivity (Wildman–Crippen MR) is 166 cm³/mol. The minimum absolute atomic E-state index is 0.0981. The van der Waals surface area contributed by atoms with E-state index in [0.717, 1.165) is 40.1 Å². The van der Waals surface area contributed by atoms with Gasteiger partial charge in [0, 0.05) is 12.1 Å².